The summed E-state index contributed by atoms with van der Waals surface area (Å²) in [6.45, 7) is 7.90. The fourth-order valence-corrected chi connectivity index (χ4v) is 3.75. The van der Waals surface area contributed by atoms with E-state index in [1.807, 2.05) is 0 Å². The molecular weight excluding hydrogens is 357 g/mol. The average Bonchev–Trinajstić information content (AvgIpc) is 2.68. The lowest BCUT2D eigenvalue weighted by Gasteiger charge is -2.34. The summed E-state index contributed by atoms with van der Waals surface area (Å²) < 4.78 is 25.2. The van der Waals surface area contributed by atoms with Crippen LogP contribution in [0.15, 0.2) is 18.2 Å². The zero-order valence-electron chi connectivity index (χ0n) is 17.7. The van der Waals surface area contributed by atoms with E-state index in [0.29, 0.717) is 37.7 Å². The number of β-amino-alcohol motifs (C(OH)–C–C–N with tert-alkyl or cyclic N) is 1. The van der Waals surface area contributed by atoms with Gasteiger partial charge in [0.1, 0.15) is 17.2 Å². The fourth-order valence-electron chi connectivity index (χ4n) is 3.75. The molecule has 0 bridgehead atoms. The Morgan fingerprint density at radius 3 is 2.39 bits per heavy atom. The minimum atomic E-state index is -1.17. The van der Waals surface area contributed by atoms with Gasteiger partial charge in [-0.1, -0.05) is 51.9 Å². The van der Waals surface area contributed by atoms with Crippen LogP contribution in [-0.4, -0.2) is 49.5 Å². The van der Waals surface area contributed by atoms with E-state index in [2.05, 4.69) is 11.8 Å². The first-order chi connectivity index (χ1) is 13.5. The molecule has 2 rings (SSSR count). The lowest BCUT2D eigenvalue weighted by atomic mass is 9.94. The van der Waals surface area contributed by atoms with Crippen molar-refractivity contribution in [1.29, 1.82) is 0 Å². The molecule has 1 saturated heterocycles. The molecule has 160 valence electrons. The Balaban J connectivity index is 1.82. The van der Waals surface area contributed by atoms with Gasteiger partial charge in [0.2, 0.25) is 0 Å². The third-order valence-electron chi connectivity index (χ3n) is 5.41. The number of morpholine rings is 1. The predicted molar refractivity (Wildman–Crippen MR) is 111 cm³/mol. The summed E-state index contributed by atoms with van der Waals surface area (Å²) in [6.07, 6.45) is 9.92. The predicted octanol–water partition coefficient (Wildman–Crippen LogP) is 4.88. The first-order valence-corrected chi connectivity index (χ1v) is 11.0. The zero-order chi connectivity index (χ0) is 20.2. The molecule has 1 heterocycles. The van der Waals surface area contributed by atoms with Gasteiger partial charge in [-0.05, 0) is 31.5 Å². The molecule has 1 unspecified atom stereocenters. The Morgan fingerprint density at radius 1 is 1.07 bits per heavy atom. The van der Waals surface area contributed by atoms with Gasteiger partial charge < -0.3 is 14.6 Å². The van der Waals surface area contributed by atoms with Gasteiger partial charge in [0, 0.05) is 25.2 Å². The Kier molecular flexibility index (Phi) is 10.2. The molecule has 5 heteroatoms. The third-order valence-corrected chi connectivity index (χ3v) is 5.41. The minimum Gasteiger partial charge on any atom is -0.493 e. The maximum atomic E-state index is 13.9. The molecule has 1 aliphatic heterocycles. The molecule has 0 saturated carbocycles. The van der Waals surface area contributed by atoms with Crippen molar-refractivity contribution >= 4 is 0 Å². The third kappa shape index (κ3) is 8.06. The highest BCUT2D eigenvalue weighted by Gasteiger charge is 2.30. The number of nitrogens with zero attached hydrogens (tertiary/aromatic N) is 1. The minimum absolute atomic E-state index is 0.350. The van der Waals surface area contributed by atoms with Crippen molar-refractivity contribution in [3.8, 4) is 5.75 Å². The molecule has 0 amide bonds. The summed E-state index contributed by atoms with van der Waals surface area (Å²) in [5.74, 6) is 0.235. The first-order valence-electron chi connectivity index (χ1n) is 11.0. The van der Waals surface area contributed by atoms with Crippen LogP contribution < -0.4 is 4.74 Å². The Hall–Kier alpha value is -1.17. The van der Waals surface area contributed by atoms with E-state index in [0.717, 1.165) is 25.9 Å². The highest BCUT2D eigenvalue weighted by atomic mass is 19.1. The van der Waals surface area contributed by atoms with Gasteiger partial charge in [-0.3, -0.25) is 4.90 Å². The number of halogens is 1. The van der Waals surface area contributed by atoms with Gasteiger partial charge in [-0.25, -0.2) is 4.39 Å². The van der Waals surface area contributed by atoms with Crippen LogP contribution in [0, 0.1) is 5.82 Å². The van der Waals surface area contributed by atoms with Crippen molar-refractivity contribution in [2.45, 2.75) is 70.8 Å². The van der Waals surface area contributed by atoms with Crippen LogP contribution in [0.25, 0.3) is 0 Å². The lowest BCUT2D eigenvalue weighted by molar-refractivity contribution is -0.0266. The van der Waals surface area contributed by atoms with Crippen LogP contribution in [0.5, 0.6) is 5.75 Å². The van der Waals surface area contributed by atoms with Gasteiger partial charge in [0.05, 0.1) is 19.8 Å². The Morgan fingerprint density at radius 2 is 1.71 bits per heavy atom. The number of rotatable bonds is 13. The summed E-state index contributed by atoms with van der Waals surface area (Å²) in [5.41, 5.74) is -0.646. The number of hydrogen-bond donors (Lipinski definition) is 1. The average molecular weight is 396 g/mol. The van der Waals surface area contributed by atoms with Crippen molar-refractivity contribution in [2.75, 3.05) is 39.5 Å². The summed E-state index contributed by atoms with van der Waals surface area (Å²) in [4.78, 5) is 2.15. The molecule has 1 fully saturated rings. The van der Waals surface area contributed by atoms with Crippen LogP contribution in [0.4, 0.5) is 4.39 Å². The number of aliphatic hydroxyl groups is 1. The second-order valence-corrected chi connectivity index (χ2v) is 8.13. The summed E-state index contributed by atoms with van der Waals surface area (Å²) >= 11 is 0. The van der Waals surface area contributed by atoms with Crippen LogP contribution in [-0.2, 0) is 10.3 Å². The van der Waals surface area contributed by atoms with Gasteiger partial charge in [-0.15, -0.1) is 0 Å². The standard InChI is InChI=1S/C23H38FNO3/c1-3-4-5-6-7-8-9-10-15-28-22-12-11-20(24)18-21(22)23(2,26)19-25-13-16-27-17-14-25/h11-12,18,26H,3-10,13-17,19H2,1-2H3. The van der Waals surface area contributed by atoms with Crippen molar-refractivity contribution in [2.24, 2.45) is 0 Å². The van der Waals surface area contributed by atoms with Crippen molar-refractivity contribution in [3.05, 3.63) is 29.6 Å². The van der Waals surface area contributed by atoms with E-state index in [1.165, 1.54) is 50.7 Å². The summed E-state index contributed by atoms with van der Waals surface area (Å²) in [6, 6.07) is 4.45. The molecule has 1 aliphatic rings. The number of unbranched alkanes of at least 4 members (excludes halogenated alkanes) is 7. The fraction of sp³-hybridized carbons (Fsp3) is 0.739. The zero-order valence-corrected chi connectivity index (χ0v) is 17.7. The van der Waals surface area contributed by atoms with E-state index in [1.54, 1.807) is 13.0 Å². The number of ether oxygens (including phenoxy) is 2. The van der Waals surface area contributed by atoms with Crippen molar-refractivity contribution in [3.63, 3.8) is 0 Å². The molecule has 0 aliphatic carbocycles. The molecule has 4 nitrogen and oxygen atoms in total. The molecule has 28 heavy (non-hydrogen) atoms. The normalized spacial score (nSPS) is 17.4. The van der Waals surface area contributed by atoms with Gasteiger partial charge >= 0.3 is 0 Å². The molecule has 1 N–H and O–H groups in total. The number of hydrogen-bond acceptors (Lipinski definition) is 4. The topological polar surface area (TPSA) is 41.9 Å². The van der Waals surface area contributed by atoms with Gasteiger partial charge in [-0.2, -0.15) is 0 Å². The highest BCUT2D eigenvalue weighted by Crippen LogP contribution is 2.32. The molecule has 0 spiro atoms. The van der Waals surface area contributed by atoms with E-state index in [-0.39, 0.29) is 5.82 Å². The quantitative estimate of drug-likeness (QED) is 0.483. The molecular formula is C23H38FNO3. The monoisotopic (exact) mass is 395 g/mol. The van der Waals surface area contributed by atoms with Crippen LogP contribution >= 0.6 is 0 Å². The van der Waals surface area contributed by atoms with E-state index in [9.17, 15) is 9.50 Å². The van der Waals surface area contributed by atoms with E-state index in [4.69, 9.17) is 9.47 Å². The second kappa shape index (κ2) is 12.4. The molecule has 1 aromatic carbocycles. The Bertz CT molecular complexity index is 559. The van der Waals surface area contributed by atoms with E-state index < -0.39 is 5.60 Å². The largest absolute Gasteiger partial charge is 0.493 e. The Labute approximate surface area is 170 Å². The first kappa shape index (κ1) is 23.1. The second-order valence-electron chi connectivity index (χ2n) is 8.13. The summed E-state index contributed by atoms with van der Waals surface area (Å²) in [7, 11) is 0. The molecule has 1 aromatic rings. The van der Waals surface area contributed by atoms with Crippen LogP contribution in [0.3, 0.4) is 0 Å². The lowest BCUT2D eigenvalue weighted by Crippen LogP contribution is -2.44. The van der Waals surface area contributed by atoms with Crippen LogP contribution in [0.1, 0.15) is 70.8 Å². The highest BCUT2D eigenvalue weighted by molar-refractivity contribution is 5.38. The smallest absolute Gasteiger partial charge is 0.125 e. The van der Waals surface area contributed by atoms with Gasteiger partial charge in [0.25, 0.3) is 0 Å². The molecule has 0 radical (unpaired) electrons. The van der Waals surface area contributed by atoms with Crippen LogP contribution in [0.2, 0.25) is 0 Å². The SMILES string of the molecule is CCCCCCCCCCOc1ccc(F)cc1C(C)(O)CN1CCOCC1. The van der Waals surface area contributed by atoms with Crippen molar-refractivity contribution in [1.82, 2.24) is 4.90 Å². The molecule has 1 atom stereocenters. The maximum Gasteiger partial charge on any atom is 0.125 e. The van der Waals surface area contributed by atoms with E-state index >= 15 is 0 Å². The summed E-state index contributed by atoms with van der Waals surface area (Å²) in [5, 5.41) is 11.1. The number of benzene rings is 1. The maximum absolute atomic E-state index is 13.9. The van der Waals surface area contributed by atoms with Crippen molar-refractivity contribution < 1.29 is 19.0 Å². The van der Waals surface area contributed by atoms with Gasteiger partial charge in [0.15, 0.2) is 0 Å². The molecule has 0 aromatic heterocycles.